The first-order chi connectivity index (χ1) is 16.0. The van der Waals surface area contributed by atoms with Crippen LogP contribution in [0.25, 0.3) is 16.8 Å². The standard InChI is InChI=1S/C25H24N4O3S/c1-4-32-25(31)19-7-5-6-8-20(19)27-23(30)15-33-24-22-14-21(28-29(22)12-11-26-24)18-10-9-16(2)17(3)13-18/h5-14H,4,15H2,1-3H3,(H,27,30). The van der Waals surface area contributed by atoms with Gasteiger partial charge < -0.3 is 10.1 Å². The lowest BCUT2D eigenvalue weighted by atomic mass is 10.0. The van der Waals surface area contributed by atoms with E-state index in [9.17, 15) is 9.59 Å². The van der Waals surface area contributed by atoms with Gasteiger partial charge in [0.2, 0.25) is 5.91 Å². The van der Waals surface area contributed by atoms with Crippen molar-refractivity contribution in [1.29, 1.82) is 0 Å². The predicted octanol–water partition coefficient (Wildman–Crippen LogP) is 4.92. The second kappa shape index (κ2) is 9.87. The molecule has 0 aliphatic carbocycles. The van der Waals surface area contributed by atoms with Gasteiger partial charge in [0.1, 0.15) is 5.03 Å². The summed E-state index contributed by atoms with van der Waals surface area (Å²) in [6.07, 6.45) is 3.46. The fourth-order valence-electron chi connectivity index (χ4n) is 3.35. The minimum atomic E-state index is -0.467. The molecule has 0 saturated carbocycles. The molecule has 2 aromatic heterocycles. The number of aryl methyl sites for hydroxylation is 2. The van der Waals surface area contributed by atoms with Crippen LogP contribution in [0.2, 0.25) is 0 Å². The van der Waals surface area contributed by atoms with Crippen molar-refractivity contribution in [3.8, 4) is 11.3 Å². The molecule has 0 spiro atoms. The van der Waals surface area contributed by atoms with Crippen molar-refractivity contribution in [2.75, 3.05) is 17.7 Å². The first-order valence-electron chi connectivity index (χ1n) is 10.6. The molecule has 0 aliphatic heterocycles. The first-order valence-corrected chi connectivity index (χ1v) is 11.6. The van der Waals surface area contributed by atoms with Crippen LogP contribution in [0.5, 0.6) is 0 Å². The number of hydrogen-bond donors (Lipinski definition) is 1. The van der Waals surface area contributed by atoms with Gasteiger partial charge in [-0.3, -0.25) is 4.79 Å². The van der Waals surface area contributed by atoms with E-state index in [2.05, 4.69) is 47.4 Å². The number of benzene rings is 2. The van der Waals surface area contributed by atoms with E-state index >= 15 is 0 Å². The molecule has 4 rings (SSSR count). The molecule has 0 aliphatic rings. The van der Waals surface area contributed by atoms with Crippen LogP contribution in [0.15, 0.2) is 66.0 Å². The van der Waals surface area contributed by atoms with Gasteiger partial charge in [0.25, 0.3) is 0 Å². The van der Waals surface area contributed by atoms with Gasteiger partial charge in [0.05, 0.1) is 34.8 Å². The Balaban J connectivity index is 1.50. The number of esters is 1. The average molecular weight is 461 g/mol. The molecular formula is C25H24N4O3S. The van der Waals surface area contributed by atoms with Crippen LogP contribution in [0, 0.1) is 13.8 Å². The smallest absolute Gasteiger partial charge is 0.340 e. The summed E-state index contributed by atoms with van der Waals surface area (Å²) in [6.45, 7) is 6.17. The zero-order valence-corrected chi connectivity index (χ0v) is 19.5. The van der Waals surface area contributed by atoms with Crippen LogP contribution in [0.1, 0.15) is 28.4 Å². The summed E-state index contributed by atoms with van der Waals surface area (Å²) in [7, 11) is 0. The fraction of sp³-hybridized carbons (Fsp3) is 0.200. The number of anilines is 1. The lowest BCUT2D eigenvalue weighted by molar-refractivity contribution is -0.113. The Hall–Kier alpha value is -3.65. The van der Waals surface area contributed by atoms with Crippen molar-refractivity contribution in [2.24, 2.45) is 0 Å². The molecule has 0 radical (unpaired) electrons. The van der Waals surface area contributed by atoms with Gasteiger partial charge in [0, 0.05) is 18.0 Å². The Morgan fingerprint density at radius 2 is 1.91 bits per heavy atom. The lowest BCUT2D eigenvalue weighted by Gasteiger charge is -2.10. The monoisotopic (exact) mass is 460 g/mol. The molecule has 33 heavy (non-hydrogen) atoms. The van der Waals surface area contributed by atoms with Crippen molar-refractivity contribution in [3.63, 3.8) is 0 Å². The molecule has 2 aromatic carbocycles. The Labute approximate surface area is 196 Å². The molecular weight excluding hydrogens is 436 g/mol. The van der Waals surface area contributed by atoms with Crippen LogP contribution >= 0.6 is 11.8 Å². The summed E-state index contributed by atoms with van der Waals surface area (Å²) in [5.74, 6) is -0.575. The highest BCUT2D eigenvalue weighted by molar-refractivity contribution is 8.00. The van der Waals surface area contributed by atoms with E-state index in [4.69, 9.17) is 4.74 Å². The maximum atomic E-state index is 12.6. The minimum absolute atomic E-state index is 0.133. The largest absolute Gasteiger partial charge is 0.462 e. The SMILES string of the molecule is CCOC(=O)c1ccccc1NC(=O)CSc1nccn2nc(-c3ccc(C)c(C)c3)cc12. The van der Waals surface area contributed by atoms with Gasteiger partial charge in [-0.1, -0.05) is 36.0 Å². The fourth-order valence-corrected chi connectivity index (χ4v) is 4.13. The Morgan fingerprint density at radius 3 is 2.70 bits per heavy atom. The molecule has 0 unspecified atom stereocenters. The van der Waals surface area contributed by atoms with Crippen molar-refractivity contribution in [1.82, 2.24) is 14.6 Å². The minimum Gasteiger partial charge on any atom is -0.462 e. The van der Waals surface area contributed by atoms with E-state index in [1.807, 2.05) is 6.07 Å². The molecule has 1 N–H and O–H groups in total. The van der Waals surface area contributed by atoms with Crippen molar-refractivity contribution >= 4 is 34.8 Å². The van der Waals surface area contributed by atoms with Gasteiger partial charge in [0.15, 0.2) is 0 Å². The number of fused-ring (bicyclic) bond motifs is 1. The summed E-state index contributed by atoms with van der Waals surface area (Å²) in [6, 6.07) is 15.0. The third-order valence-electron chi connectivity index (χ3n) is 5.19. The molecule has 0 saturated heterocycles. The number of thioether (sulfide) groups is 1. The second-order valence-electron chi connectivity index (χ2n) is 7.49. The van der Waals surface area contributed by atoms with Crippen LogP contribution in [-0.2, 0) is 9.53 Å². The molecule has 0 bridgehead atoms. The number of hydrogen-bond acceptors (Lipinski definition) is 6. The van der Waals surface area contributed by atoms with Crippen LogP contribution in [0.3, 0.4) is 0 Å². The van der Waals surface area contributed by atoms with E-state index in [0.717, 1.165) is 16.8 Å². The number of para-hydroxylation sites is 1. The van der Waals surface area contributed by atoms with Crippen LogP contribution in [-0.4, -0.2) is 38.8 Å². The highest BCUT2D eigenvalue weighted by Gasteiger charge is 2.15. The molecule has 8 heteroatoms. The van der Waals surface area contributed by atoms with Crippen molar-refractivity contribution in [3.05, 3.63) is 77.6 Å². The van der Waals surface area contributed by atoms with Gasteiger partial charge >= 0.3 is 5.97 Å². The molecule has 0 fully saturated rings. The number of nitrogens with zero attached hydrogens (tertiary/aromatic N) is 3. The highest BCUT2D eigenvalue weighted by atomic mass is 32.2. The molecule has 2 heterocycles. The number of rotatable bonds is 7. The van der Waals surface area contributed by atoms with Crippen LogP contribution in [0.4, 0.5) is 5.69 Å². The maximum Gasteiger partial charge on any atom is 0.340 e. The number of nitrogens with one attached hydrogen (secondary N) is 1. The maximum absolute atomic E-state index is 12.6. The summed E-state index contributed by atoms with van der Waals surface area (Å²) in [5, 5.41) is 8.17. The Kier molecular flexibility index (Phi) is 6.74. The topological polar surface area (TPSA) is 85.6 Å². The molecule has 7 nitrogen and oxygen atoms in total. The highest BCUT2D eigenvalue weighted by Crippen LogP contribution is 2.27. The van der Waals surface area contributed by atoms with E-state index in [1.165, 1.54) is 22.9 Å². The lowest BCUT2D eigenvalue weighted by Crippen LogP contribution is -2.17. The normalized spacial score (nSPS) is 10.9. The van der Waals surface area contributed by atoms with E-state index in [0.29, 0.717) is 16.3 Å². The van der Waals surface area contributed by atoms with E-state index < -0.39 is 5.97 Å². The summed E-state index contributed by atoms with van der Waals surface area (Å²) >= 11 is 1.32. The van der Waals surface area contributed by atoms with Gasteiger partial charge in [-0.2, -0.15) is 5.10 Å². The number of carbonyl (C=O) groups excluding carboxylic acids is 2. The number of carbonyl (C=O) groups is 2. The molecule has 1 amide bonds. The third-order valence-corrected chi connectivity index (χ3v) is 6.19. The van der Waals surface area contributed by atoms with Crippen molar-refractivity contribution in [2.45, 2.75) is 25.8 Å². The zero-order chi connectivity index (χ0) is 23.4. The van der Waals surface area contributed by atoms with Gasteiger partial charge in [-0.25, -0.2) is 14.3 Å². The molecule has 4 aromatic rings. The van der Waals surface area contributed by atoms with E-state index in [-0.39, 0.29) is 18.3 Å². The first kappa shape index (κ1) is 22.5. The number of ether oxygens (including phenoxy) is 1. The summed E-state index contributed by atoms with van der Waals surface area (Å²) in [4.78, 5) is 29.2. The Morgan fingerprint density at radius 1 is 1.09 bits per heavy atom. The molecule has 168 valence electrons. The quantitative estimate of drug-likeness (QED) is 0.311. The van der Waals surface area contributed by atoms with Gasteiger partial charge in [-0.15, -0.1) is 0 Å². The number of aromatic nitrogens is 3. The number of amides is 1. The zero-order valence-electron chi connectivity index (χ0n) is 18.7. The summed E-state index contributed by atoms with van der Waals surface area (Å²) < 4.78 is 6.84. The third kappa shape index (κ3) is 5.06. The summed E-state index contributed by atoms with van der Waals surface area (Å²) in [5.41, 5.74) is 5.90. The second-order valence-corrected chi connectivity index (χ2v) is 8.46. The Bertz CT molecular complexity index is 1330. The average Bonchev–Trinajstić information content (AvgIpc) is 3.25. The molecule has 0 atom stereocenters. The van der Waals surface area contributed by atoms with Crippen molar-refractivity contribution < 1.29 is 14.3 Å². The predicted molar refractivity (Wildman–Crippen MR) is 130 cm³/mol. The van der Waals surface area contributed by atoms with E-state index in [1.54, 1.807) is 48.1 Å². The van der Waals surface area contributed by atoms with Crippen LogP contribution < -0.4 is 5.32 Å². The van der Waals surface area contributed by atoms with Gasteiger partial charge in [-0.05, 0) is 56.2 Å².